The zero-order chi connectivity index (χ0) is 36.0. The second kappa shape index (κ2) is 37.7. The van der Waals surface area contributed by atoms with Crippen LogP contribution < -0.4 is 0 Å². The minimum absolute atomic E-state index is 0.0647. The maximum Gasteiger partial charge on any atom is 0.306 e. The van der Waals surface area contributed by atoms with Gasteiger partial charge < -0.3 is 14.2 Å². The molecule has 0 aliphatic heterocycles. The van der Waals surface area contributed by atoms with Crippen LogP contribution in [0.1, 0.15) is 233 Å². The molecule has 0 aromatic rings. The zero-order valence-electron chi connectivity index (χ0n) is 33.1. The van der Waals surface area contributed by atoms with Gasteiger partial charge in [-0.2, -0.15) is 0 Å². The van der Waals surface area contributed by atoms with Crippen molar-refractivity contribution in [3.8, 4) is 0 Å². The first-order valence-electron chi connectivity index (χ1n) is 21.4. The van der Waals surface area contributed by atoms with E-state index < -0.39 is 6.10 Å². The number of esters is 3. The average molecular weight is 695 g/mol. The van der Waals surface area contributed by atoms with E-state index in [0.29, 0.717) is 19.3 Å². The van der Waals surface area contributed by atoms with E-state index in [-0.39, 0.29) is 31.1 Å². The summed E-state index contributed by atoms with van der Waals surface area (Å²) in [6.07, 6.45) is 35.2. The molecule has 6 heteroatoms. The topological polar surface area (TPSA) is 78.9 Å². The molecule has 0 aliphatic carbocycles. The van der Waals surface area contributed by atoms with Crippen LogP contribution in [-0.4, -0.2) is 37.2 Å². The Balaban J connectivity index is 4.30. The molecule has 0 heterocycles. The molecule has 6 nitrogen and oxygen atoms in total. The first-order valence-corrected chi connectivity index (χ1v) is 21.4. The van der Waals surface area contributed by atoms with Crippen LogP contribution in [0.5, 0.6) is 0 Å². The minimum Gasteiger partial charge on any atom is -0.462 e. The van der Waals surface area contributed by atoms with Crippen LogP contribution in [-0.2, 0) is 28.6 Å². The molecule has 290 valence electrons. The molecule has 0 rings (SSSR count). The molecular formula is C43H82O6. The number of carbonyl (C=O) groups excluding carboxylic acids is 3. The van der Waals surface area contributed by atoms with Gasteiger partial charge >= 0.3 is 17.9 Å². The van der Waals surface area contributed by atoms with E-state index in [9.17, 15) is 14.4 Å². The van der Waals surface area contributed by atoms with E-state index in [4.69, 9.17) is 14.2 Å². The lowest BCUT2D eigenvalue weighted by Gasteiger charge is -2.18. The lowest BCUT2D eigenvalue weighted by molar-refractivity contribution is -0.167. The van der Waals surface area contributed by atoms with Gasteiger partial charge in [0.15, 0.2) is 6.10 Å². The predicted molar refractivity (Wildman–Crippen MR) is 206 cm³/mol. The fraction of sp³-hybridized carbons (Fsp3) is 0.930. The minimum atomic E-state index is -0.757. The number of unbranched alkanes of at least 4 members (excludes halogenated alkanes) is 25. The lowest BCUT2D eigenvalue weighted by atomic mass is 10.0. The van der Waals surface area contributed by atoms with Gasteiger partial charge in [0.1, 0.15) is 13.2 Å². The summed E-state index contributed by atoms with van der Waals surface area (Å²) in [5.41, 5.74) is 0. The van der Waals surface area contributed by atoms with Gasteiger partial charge in [-0.05, 0) is 25.2 Å². The molecule has 0 N–H and O–H groups in total. The SMILES string of the molecule is CCCCCCCCCCCC(=O)OC[C@@H](COC(=O)CCCCCCCCCCCCC(C)C)OC(=O)CCCCCCCCCCC. The van der Waals surface area contributed by atoms with Crippen LogP contribution in [0, 0.1) is 5.92 Å². The third-order valence-electron chi connectivity index (χ3n) is 9.54. The molecule has 0 aliphatic rings. The number of carbonyl (C=O) groups is 3. The van der Waals surface area contributed by atoms with E-state index in [2.05, 4.69) is 27.7 Å². The van der Waals surface area contributed by atoms with Gasteiger partial charge in [-0.15, -0.1) is 0 Å². The molecule has 0 fully saturated rings. The van der Waals surface area contributed by atoms with Crippen molar-refractivity contribution < 1.29 is 28.6 Å². The fourth-order valence-electron chi connectivity index (χ4n) is 6.27. The van der Waals surface area contributed by atoms with Gasteiger partial charge in [0.2, 0.25) is 0 Å². The van der Waals surface area contributed by atoms with Crippen LogP contribution >= 0.6 is 0 Å². The first kappa shape index (κ1) is 47.4. The smallest absolute Gasteiger partial charge is 0.306 e. The molecule has 0 bridgehead atoms. The molecule has 0 amide bonds. The number of hydrogen-bond donors (Lipinski definition) is 0. The van der Waals surface area contributed by atoms with Gasteiger partial charge in [0.05, 0.1) is 0 Å². The summed E-state index contributed by atoms with van der Waals surface area (Å²) in [6, 6.07) is 0. The van der Waals surface area contributed by atoms with Gasteiger partial charge in [0.25, 0.3) is 0 Å². The summed E-state index contributed by atoms with van der Waals surface area (Å²) in [5.74, 6) is -0.0449. The van der Waals surface area contributed by atoms with Crippen LogP contribution in [0.3, 0.4) is 0 Å². The fourth-order valence-corrected chi connectivity index (χ4v) is 6.27. The van der Waals surface area contributed by atoms with Crippen molar-refractivity contribution in [2.24, 2.45) is 5.92 Å². The summed E-state index contributed by atoms with van der Waals surface area (Å²) < 4.78 is 16.6. The molecule has 49 heavy (non-hydrogen) atoms. The maximum absolute atomic E-state index is 12.6. The normalized spacial score (nSPS) is 11.9. The zero-order valence-corrected chi connectivity index (χ0v) is 33.1. The molecule has 0 saturated carbocycles. The predicted octanol–water partition coefficient (Wildman–Crippen LogP) is 13.2. The Morgan fingerprint density at radius 2 is 0.673 bits per heavy atom. The van der Waals surface area contributed by atoms with Crippen molar-refractivity contribution >= 4 is 17.9 Å². The number of rotatable bonds is 38. The van der Waals surface area contributed by atoms with E-state index in [1.54, 1.807) is 0 Å². The number of ether oxygens (including phenoxy) is 3. The summed E-state index contributed by atoms with van der Waals surface area (Å²) in [6.45, 7) is 8.93. The summed E-state index contributed by atoms with van der Waals surface area (Å²) >= 11 is 0. The highest BCUT2D eigenvalue weighted by Gasteiger charge is 2.19. The van der Waals surface area contributed by atoms with Crippen molar-refractivity contribution in [3.05, 3.63) is 0 Å². The molecule has 0 unspecified atom stereocenters. The van der Waals surface area contributed by atoms with Crippen LogP contribution in [0.15, 0.2) is 0 Å². The van der Waals surface area contributed by atoms with Gasteiger partial charge in [-0.3, -0.25) is 14.4 Å². The molecule has 0 aromatic carbocycles. The maximum atomic E-state index is 12.6. The molecule has 0 spiro atoms. The third kappa shape index (κ3) is 37.5. The largest absolute Gasteiger partial charge is 0.462 e. The van der Waals surface area contributed by atoms with Crippen molar-refractivity contribution in [1.82, 2.24) is 0 Å². The molecule has 0 radical (unpaired) electrons. The lowest BCUT2D eigenvalue weighted by Crippen LogP contribution is -2.30. The summed E-state index contributed by atoms with van der Waals surface area (Å²) in [7, 11) is 0. The monoisotopic (exact) mass is 695 g/mol. The van der Waals surface area contributed by atoms with E-state index in [1.165, 1.54) is 128 Å². The van der Waals surface area contributed by atoms with Crippen LogP contribution in [0.4, 0.5) is 0 Å². The summed E-state index contributed by atoms with van der Waals surface area (Å²) in [5, 5.41) is 0. The highest BCUT2D eigenvalue weighted by Crippen LogP contribution is 2.15. The highest BCUT2D eigenvalue weighted by molar-refractivity contribution is 5.71. The Morgan fingerprint density at radius 3 is 1.00 bits per heavy atom. The Labute approximate surface area is 304 Å². The first-order chi connectivity index (χ1) is 23.9. The second-order valence-corrected chi connectivity index (χ2v) is 15.1. The van der Waals surface area contributed by atoms with E-state index >= 15 is 0 Å². The second-order valence-electron chi connectivity index (χ2n) is 15.1. The van der Waals surface area contributed by atoms with Gasteiger partial charge in [0, 0.05) is 19.3 Å². The average Bonchev–Trinajstić information content (AvgIpc) is 3.08. The van der Waals surface area contributed by atoms with Crippen molar-refractivity contribution in [1.29, 1.82) is 0 Å². The molecular weight excluding hydrogens is 612 g/mol. The van der Waals surface area contributed by atoms with E-state index in [1.807, 2.05) is 0 Å². The van der Waals surface area contributed by atoms with Gasteiger partial charge in [-0.25, -0.2) is 0 Å². The highest BCUT2D eigenvalue weighted by atomic mass is 16.6. The quantitative estimate of drug-likeness (QED) is 0.0364. The summed E-state index contributed by atoms with van der Waals surface area (Å²) in [4.78, 5) is 37.5. The number of hydrogen-bond acceptors (Lipinski definition) is 6. The third-order valence-corrected chi connectivity index (χ3v) is 9.54. The molecule has 0 saturated heterocycles. The Morgan fingerprint density at radius 1 is 0.388 bits per heavy atom. The van der Waals surface area contributed by atoms with Crippen molar-refractivity contribution in [2.75, 3.05) is 13.2 Å². The van der Waals surface area contributed by atoms with Crippen molar-refractivity contribution in [3.63, 3.8) is 0 Å². The van der Waals surface area contributed by atoms with Crippen LogP contribution in [0.25, 0.3) is 0 Å². The Hall–Kier alpha value is -1.59. The van der Waals surface area contributed by atoms with Gasteiger partial charge in [-0.1, -0.05) is 195 Å². The molecule has 1 atom stereocenters. The van der Waals surface area contributed by atoms with E-state index in [0.717, 1.165) is 63.7 Å². The van der Waals surface area contributed by atoms with Crippen LogP contribution in [0.2, 0.25) is 0 Å². The Bertz CT molecular complexity index is 736. The Kier molecular flexibility index (Phi) is 36.4. The molecule has 0 aromatic heterocycles. The van der Waals surface area contributed by atoms with Crippen molar-refractivity contribution in [2.45, 2.75) is 239 Å². The standard InChI is InChI=1S/C43H82O6/c1-5-7-9-11-13-17-22-26-30-34-41(44)47-37-40(49-43(46)36-32-28-24-18-14-12-10-8-6-2)38-48-42(45)35-31-27-23-20-16-15-19-21-25-29-33-39(3)4/h39-40H,5-38H2,1-4H3/t40-/m0/s1.